The first kappa shape index (κ1) is 23.3. The van der Waals surface area contributed by atoms with Crippen molar-refractivity contribution in [3.8, 4) is 22.6 Å². The van der Waals surface area contributed by atoms with Gasteiger partial charge in [0.05, 0.1) is 19.7 Å². The molecule has 3 heterocycles. The topological polar surface area (TPSA) is 120 Å². The summed E-state index contributed by atoms with van der Waals surface area (Å²) in [6.07, 6.45) is 3.55. The first-order valence-corrected chi connectivity index (χ1v) is 11.6. The van der Waals surface area contributed by atoms with Crippen LogP contribution in [0, 0.1) is 4.77 Å². The Bertz CT molecular complexity index is 1650. The summed E-state index contributed by atoms with van der Waals surface area (Å²) in [4.78, 5) is 24.7. The summed E-state index contributed by atoms with van der Waals surface area (Å²) in [6.45, 7) is 0.674. The van der Waals surface area contributed by atoms with E-state index in [1.165, 1.54) is 0 Å². The van der Waals surface area contributed by atoms with Gasteiger partial charge >= 0.3 is 0 Å². The Morgan fingerprint density at radius 3 is 2.67 bits per heavy atom. The molecule has 0 bridgehead atoms. The number of anilines is 1. The molecule has 0 aliphatic carbocycles. The van der Waals surface area contributed by atoms with E-state index in [-0.39, 0.29) is 5.91 Å². The lowest BCUT2D eigenvalue weighted by molar-refractivity contribution is 0.0948. The van der Waals surface area contributed by atoms with Crippen LogP contribution in [-0.4, -0.2) is 46.2 Å². The Kier molecular flexibility index (Phi) is 6.26. The molecule has 0 aliphatic rings. The largest absolute Gasteiger partial charge is 0.493 e. The second-order valence-corrected chi connectivity index (χ2v) is 8.50. The van der Waals surface area contributed by atoms with Crippen LogP contribution in [0.2, 0.25) is 0 Å². The van der Waals surface area contributed by atoms with E-state index in [0.717, 1.165) is 22.0 Å². The van der Waals surface area contributed by atoms with E-state index in [0.29, 0.717) is 51.8 Å². The summed E-state index contributed by atoms with van der Waals surface area (Å²) in [5, 5.41) is 4.55. The number of aromatic amines is 1. The summed E-state index contributed by atoms with van der Waals surface area (Å²) in [5.41, 5.74) is 10.4. The van der Waals surface area contributed by atoms with Gasteiger partial charge in [0.2, 0.25) is 4.77 Å². The third-order valence-electron chi connectivity index (χ3n) is 6.00. The minimum atomic E-state index is -0.223. The third-order valence-corrected chi connectivity index (χ3v) is 6.31. The lowest BCUT2D eigenvalue weighted by atomic mass is 10.1. The number of nitrogens with one attached hydrogen (secondary N) is 2. The van der Waals surface area contributed by atoms with Gasteiger partial charge in [0.15, 0.2) is 11.5 Å². The molecule has 3 aromatic heterocycles. The predicted molar refractivity (Wildman–Crippen MR) is 142 cm³/mol. The number of benzene rings is 2. The molecule has 4 N–H and O–H groups in total. The van der Waals surface area contributed by atoms with Crippen molar-refractivity contribution in [2.24, 2.45) is 0 Å². The highest BCUT2D eigenvalue weighted by molar-refractivity contribution is 7.71. The van der Waals surface area contributed by atoms with Crippen molar-refractivity contribution in [1.82, 2.24) is 24.8 Å². The van der Waals surface area contributed by atoms with Crippen LogP contribution in [0.4, 0.5) is 5.82 Å². The van der Waals surface area contributed by atoms with Crippen LogP contribution in [0.5, 0.6) is 11.5 Å². The standard InChI is InChI=1S/C26H24N6O3S/c1-34-22-12-18-20(13-23(22)35-2)31-26(36)32(24(18)27)9-8-29-25(33)21-11-17-10-15(5-6-19(17)30-21)16-4-3-7-28-14-16/h3-7,10-14,30H,8-9,27H2,1-2H3,(H,29,33). The molecule has 1 amide bonds. The van der Waals surface area contributed by atoms with Gasteiger partial charge in [0, 0.05) is 53.4 Å². The molecule has 9 nitrogen and oxygen atoms in total. The number of amides is 1. The highest BCUT2D eigenvalue weighted by Gasteiger charge is 2.14. The number of fused-ring (bicyclic) bond motifs is 2. The number of nitrogen functional groups attached to an aromatic ring is 1. The van der Waals surface area contributed by atoms with E-state index in [2.05, 4.69) is 20.3 Å². The lowest BCUT2D eigenvalue weighted by Gasteiger charge is -2.15. The molecule has 0 atom stereocenters. The van der Waals surface area contributed by atoms with E-state index in [9.17, 15) is 4.79 Å². The highest BCUT2D eigenvalue weighted by atomic mass is 32.1. The van der Waals surface area contributed by atoms with Crippen molar-refractivity contribution in [3.63, 3.8) is 0 Å². The van der Waals surface area contributed by atoms with E-state index in [1.807, 2.05) is 42.6 Å². The summed E-state index contributed by atoms with van der Waals surface area (Å²) in [5.74, 6) is 1.30. The van der Waals surface area contributed by atoms with E-state index in [4.69, 9.17) is 27.4 Å². The minimum Gasteiger partial charge on any atom is -0.493 e. The second kappa shape index (κ2) is 9.67. The van der Waals surface area contributed by atoms with Gasteiger partial charge in [0.1, 0.15) is 11.5 Å². The van der Waals surface area contributed by atoms with Crippen LogP contribution < -0.4 is 20.5 Å². The SMILES string of the molecule is COc1cc2nc(=S)n(CCNC(=O)c3cc4cc(-c5cccnc5)ccc4[nH]3)c(N)c2cc1OC. The molecule has 10 heteroatoms. The zero-order valence-corrected chi connectivity index (χ0v) is 20.6. The molecule has 0 radical (unpaired) electrons. The molecule has 5 rings (SSSR count). The van der Waals surface area contributed by atoms with Gasteiger partial charge in [0.25, 0.3) is 5.91 Å². The molecular formula is C26H24N6O3S. The van der Waals surface area contributed by atoms with Crippen LogP contribution in [-0.2, 0) is 6.54 Å². The van der Waals surface area contributed by atoms with Crippen molar-refractivity contribution in [3.05, 3.63) is 71.4 Å². The molecule has 0 aliphatic heterocycles. The Morgan fingerprint density at radius 1 is 1.11 bits per heavy atom. The number of hydrogen-bond acceptors (Lipinski definition) is 7. The summed E-state index contributed by atoms with van der Waals surface area (Å²) < 4.78 is 12.7. The summed E-state index contributed by atoms with van der Waals surface area (Å²) >= 11 is 5.45. The smallest absolute Gasteiger partial charge is 0.267 e. The second-order valence-electron chi connectivity index (χ2n) is 8.14. The maximum absolute atomic E-state index is 12.8. The molecule has 0 saturated carbocycles. The quantitative estimate of drug-likeness (QED) is 0.284. The van der Waals surface area contributed by atoms with E-state index < -0.39 is 0 Å². The zero-order chi connectivity index (χ0) is 25.2. The van der Waals surface area contributed by atoms with Gasteiger partial charge in [-0.1, -0.05) is 12.1 Å². The fourth-order valence-electron chi connectivity index (χ4n) is 4.14. The van der Waals surface area contributed by atoms with E-state index >= 15 is 0 Å². The average molecular weight is 501 g/mol. The van der Waals surface area contributed by atoms with Gasteiger partial charge < -0.3 is 30.1 Å². The van der Waals surface area contributed by atoms with Crippen molar-refractivity contribution in [2.75, 3.05) is 26.5 Å². The number of aromatic nitrogens is 4. The lowest BCUT2D eigenvalue weighted by Crippen LogP contribution is -2.28. The Morgan fingerprint density at radius 2 is 1.92 bits per heavy atom. The van der Waals surface area contributed by atoms with Crippen LogP contribution >= 0.6 is 12.2 Å². The molecular weight excluding hydrogens is 476 g/mol. The van der Waals surface area contributed by atoms with Gasteiger partial charge in [-0.25, -0.2) is 4.98 Å². The van der Waals surface area contributed by atoms with Gasteiger partial charge in [-0.15, -0.1) is 0 Å². The number of carbonyl (C=O) groups is 1. The molecule has 2 aromatic carbocycles. The number of hydrogen-bond donors (Lipinski definition) is 3. The van der Waals surface area contributed by atoms with Crippen LogP contribution in [0.25, 0.3) is 32.9 Å². The highest BCUT2D eigenvalue weighted by Crippen LogP contribution is 2.33. The van der Waals surface area contributed by atoms with Crippen molar-refractivity contribution in [2.45, 2.75) is 6.54 Å². The molecule has 36 heavy (non-hydrogen) atoms. The number of pyridine rings is 1. The zero-order valence-electron chi connectivity index (χ0n) is 19.7. The molecule has 0 spiro atoms. The van der Waals surface area contributed by atoms with Crippen molar-refractivity contribution < 1.29 is 14.3 Å². The fraction of sp³-hybridized carbons (Fsp3) is 0.154. The molecule has 5 aromatic rings. The maximum Gasteiger partial charge on any atom is 0.267 e. The molecule has 0 fully saturated rings. The number of ether oxygens (including phenoxy) is 2. The molecule has 0 saturated heterocycles. The van der Waals surface area contributed by atoms with Crippen LogP contribution in [0.1, 0.15) is 10.5 Å². The van der Waals surface area contributed by atoms with Crippen molar-refractivity contribution in [1.29, 1.82) is 0 Å². The predicted octanol–water partition coefficient (Wildman–Crippen LogP) is 4.34. The number of nitrogens with two attached hydrogens (primary N) is 1. The number of methoxy groups -OCH3 is 2. The minimum absolute atomic E-state index is 0.223. The first-order valence-electron chi connectivity index (χ1n) is 11.2. The Labute approximate surface area is 211 Å². The third kappa shape index (κ3) is 4.34. The normalized spacial score (nSPS) is 11.1. The van der Waals surface area contributed by atoms with Crippen molar-refractivity contribution >= 4 is 45.7 Å². The fourth-order valence-corrected chi connectivity index (χ4v) is 4.43. The maximum atomic E-state index is 12.8. The Balaban J connectivity index is 1.32. The number of carbonyl (C=O) groups excluding carboxylic acids is 1. The van der Waals surface area contributed by atoms with E-state index in [1.54, 1.807) is 37.1 Å². The summed E-state index contributed by atoms with van der Waals surface area (Å²) in [6, 6.07) is 15.2. The first-order chi connectivity index (χ1) is 17.5. The monoisotopic (exact) mass is 500 g/mol. The Hall–Kier alpha value is -4.44. The number of nitrogens with zero attached hydrogens (tertiary/aromatic N) is 3. The van der Waals surface area contributed by atoms with Crippen LogP contribution in [0.15, 0.2) is 60.9 Å². The molecule has 182 valence electrons. The summed E-state index contributed by atoms with van der Waals surface area (Å²) in [7, 11) is 3.11. The molecule has 0 unspecified atom stereocenters. The van der Waals surface area contributed by atoms with Gasteiger partial charge in [-0.05, 0) is 48.1 Å². The average Bonchev–Trinajstić information content (AvgIpc) is 3.34. The van der Waals surface area contributed by atoms with Gasteiger partial charge in [-0.3, -0.25) is 9.78 Å². The number of rotatable bonds is 7. The van der Waals surface area contributed by atoms with Gasteiger partial charge in [-0.2, -0.15) is 0 Å². The number of H-pyrrole nitrogens is 1. The van der Waals surface area contributed by atoms with Crippen LogP contribution in [0.3, 0.4) is 0 Å².